The lowest BCUT2D eigenvalue weighted by Crippen LogP contribution is -2.29. The van der Waals surface area contributed by atoms with Gasteiger partial charge in [0.15, 0.2) is 5.78 Å². The lowest BCUT2D eigenvalue weighted by atomic mass is 9.75. The molecule has 2 aliphatic rings. The van der Waals surface area contributed by atoms with E-state index in [0.29, 0.717) is 29.7 Å². The van der Waals surface area contributed by atoms with Crippen molar-refractivity contribution in [2.45, 2.75) is 24.7 Å². The molecule has 0 fully saturated rings. The molecule has 0 unspecified atom stereocenters. The summed E-state index contributed by atoms with van der Waals surface area (Å²) in [6.07, 6.45) is 1.06. The molecule has 0 radical (unpaired) electrons. The molecule has 0 amide bonds. The first-order chi connectivity index (χ1) is 12.2. The van der Waals surface area contributed by atoms with E-state index in [9.17, 15) is 10.1 Å². The number of ketones is 1. The second-order valence-corrected chi connectivity index (χ2v) is 7.20. The highest BCUT2D eigenvalue weighted by Gasteiger charge is 2.40. The fourth-order valence-corrected chi connectivity index (χ4v) is 4.44. The molecule has 2 N–H and O–H groups in total. The number of benzene rings is 1. The van der Waals surface area contributed by atoms with Crippen LogP contribution in [0.4, 0.5) is 0 Å². The highest BCUT2D eigenvalue weighted by molar-refractivity contribution is 7.10. The fraction of sp³-hybridized carbons (Fsp3) is 0.200. The van der Waals surface area contributed by atoms with Crippen molar-refractivity contribution in [1.29, 1.82) is 5.26 Å². The van der Waals surface area contributed by atoms with Crippen LogP contribution >= 0.6 is 11.3 Å². The van der Waals surface area contributed by atoms with Crippen LogP contribution < -0.4 is 5.73 Å². The van der Waals surface area contributed by atoms with Gasteiger partial charge in [0.05, 0.1) is 5.92 Å². The molecule has 0 spiro atoms. The summed E-state index contributed by atoms with van der Waals surface area (Å²) in [5.41, 5.74) is 7.82. The van der Waals surface area contributed by atoms with Crippen molar-refractivity contribution in [3.8, 4) is 6.07 Å². The highest BCUT2D eigenvalue weighted by atomic mass is 32.1. The first-order valence-electron chi connectivity index (χ1n) is 8.11. The average molecular weight is 348 g/mol. The van der Waals surface area contributed by atoms with Crippen molar-refractivity contribution < 1.29 is 9.53 Å². The van der Waals surface area contributed by atoms with Crippen LogP contribution in [0.15, 0.2) is 70.6 Å². The molecular weight excluding hydrogens is 332 g/mol. The molecule has 25 heavy (non-hydrogen) atoms. The van der Waals surface area contributed by atoms with Gasteiger partial charge in [0.25, 0.3) is 0 Å². The van der Waals surface area contributed by atoms with Gasteiger partial charge in [-0.15, -0.1) is 11.3 Å². The van der Waals surface area contributed by atoms with Crippen LogP contribution in [0, 0.1) is 11.3 Å². The largest absolute Gasteiger partial charge is 0.444 e. The van der Waals surface area contributed by atoms with E-state index in [1.165, 1.54) is 4.88 Å². The fourth-order valence-electron chi connectivity index (χ4n) is 3.61. The van der Waals surface area contributed by atoms with Crippen LogP contribution in [0.3, 0.4) is 0 Å². The standard InChI is InChI=1S/C20H16N2O2S/c21-11-14-18(12-5-2-1-3-6-12)19-15(23)9-13(17-7-4-8-25-17)10-16(19)24-20(14)22/h1-8,13,18H,9-10,22H2/t13-,18+/m1/s1. The number of rotatable bonds is 2. The topological polar surface area (TPSA) is 76.1 Å². The van der Waals surface area contributed by atoms with Gasteiger partial charge < -0.3 is 10.5 Å². The number of Topliss-reactive ketones (excluding diaryl/α,β-unsaturated/α-hetero) is 1. The van der Waals surface area contributed by atoms with Gasteiger partial charge >= 0.3 is 0 Å². The van der Waals surface area contributed by atoms with Crippen LogP contribution in [-0.2, 0) is 9.53 Å². The summed E-state index contributed by atoms with van der Waals surface area (Å²) in [6, 6.07) is 15.7. The minimum Gasteiger partial charge on any atom is -0.444 e. The van der Waals surface area contributed by atoms with Crippen molar-refractivity contribution in [3.63, 3.8) is 0 Å². The Labute approximate surface area is 149 Å². The number of nitriles is 1. The number of hydrogen-bond acceptors (Lipinski definition) is 5. The van der Waals surface area contributed by atoms with Gasteiger partial charge in [-0.1, -0.05) is 36.4 Å². The lowest BCUT2D eigenvalue weighted by molar-refractivity contribution is -0.117. The molecule has 1 aliphatic carbocycles. The molecule has 1 aliphatic heterocycles. The number of ether oxygens (including phenoxy) is 1. The maximum absolute atomic E-state index is 13.0. The zero-order valence-electron chi connectivity index (χ0n) is 13.4. The Morgan fingerprint density at radius 1 is 1.16 bits per heavy atom. The average Bonchev–Trinajstić information content (AvgIpc) is 3.16. The normalized spacial score (nSPS) is 23.1. The number of nitrogens with zero attached hydrogens (tertiary/aromatic N) is 1. The summed E-state index contributed by atoms with van der Waals surface area (Å²) in [5, 5.41) is 11.6. The van der Waals surface area contributed by atoms with Crippen LogP contribution in [0.1, 0.15) is 35.1 Å². The van der Waals surface area contributed by atoms with E-state index in [2.05, 4.69) is 6.07 Å². The lowest BCUT2D eigenvalue weighted by Gasteiger charge is -2.33. The van der Waals surface area contributed by atoms with Crippen molar-refractivity contribution in [1.82, 2.24) is 0 Å². The van der Waals surface area contributed by atoms with Gasteiger partial charge in [-0.25, -0.2) is 0 Å². The molecule has 0 bridgehead atoms. The van der Waals surface area contributed by atoms with Gasteiger partial charge in [0.2, 0.25) is 5.88 Å². The molecule has 2 heterocycles. The molecular formula is C20H16N2O2S. The summed E-state index contributed by atoms with van der Waals surface area (Å²) in [5.74, 6) is 0.425. The molecule has 2 aromatic rings. The van der Waals surface area contributed by atoms with E-state index in [-0.39, 0.29) is 17.6 Å². The third kappa shape index (κ3) is 2.65. The van der Waals surface area contributed by atoms with Crippen LogP contribution in [-0.4, -0.2) is 5.78 Å². The van der Waals surface area contributed by atoms with E-state index in [1.807, 2.05) is 47.8 Å². The van der Waals surface area contributed by atoms with E-state index in [1.54, 1.807) is 11.3 Å². The number of nitrogens with two attached hydrogens (primary N) is 1. The van der Waals surface area contributed by atoms with Gasteiger partial charge in [0.1, 0.15) is 17.4 Å². The summed E-state index contributed by atoms with van der Waals surface area (Å²) in [4.78, 5) is 14.2. The SMILES string of the molecule is N#CC1=C(N)OC2=C(C(=O)C[C@@H](c3cccs3)C2)[C@H]1c1ccccc1. The molecule has 124 valence electrons. The Morgan fingerprint density at radius 3 is 2.64 bits per heavy atom. The zero-order chi connectivity index (χ0) is 17.4. The van der Waals surface area contributed by atoms with Crippen molar-refractivity contribution in [3.05, 3.63) is 81.1 Å². The quantitative estimate of drug-likeness (QED) is 0.891. The van der Waals surface area contributed by atoms with Gasteiger partial charge in [-0.05, 0) is 17.0 Å². The third-order valence-electron chi connectivity index (χ3n) is 4.74. The Hall–Kier alpha value is -2.84. The number of carbonyl (C=O) groups excluding carboxylic acids is 1. The van der Waals surface area contributed by atoms with E-state index >= 15 is 0 Å². The van der Waals surface area contributed by atoms with E-state index < -0.39 is 5.92 Å². The second-order valence-electron chi connectivity index (χ2n) is 6.22. The molecule has 2 atom stereocenters. The molecule has 4 rings (SSSR count). The highest BCUT2D eigenvalue weighted by Crippen LogP contribution is 2.47. The minimum absolute atomic E-state index is 0.0359. The molecule has 4 nitrogen and oxygen atoms in total. The molecule has 0 saturated heterocycles. The Morgan fingerprint density at radius 2 is 1.96 bits per heavy atom. The summed E-state index contributed by atoms with van der Waals surface area (Å²) in [7, 11) is 0. The Balaban J connectivity index is 1.80. The van der Waals surface area contributed by atoms with Crippen LogP contribution in [0.5, 0.6) is 0 Å². The van der Waals surface area contributed by atoms with Gasteiger partial charge in [-0.3, -0.25) is 4.79 Å². The summed E-state index contributed by atoms with van der Waals surface area (Å²) >= 11 is 1.65. The number of hydrogen-bond donors (Lipinski definition) is 1. The molecule has 5 heteroatoms. The molecule has 1 aromatic heterocycles. The summed E-state index contributed by atoms with van der Waals surface area (Å²) in [6.45, 7) is 0. The molecule has 1 aromatic carbocycles. The maximum atomic E-state index is 13.0. The number of allylic oxidation sites excluding steroid dienone is 3. The smallest absolute Gasteiger partial charge is 0.205 e. The number of thiophene rings is 1. The zero-order valence-corrected chi connectivity index (χ0v) is 14.3. The van der Waals surface area contributed by atoms with Gasteiger partial charge in [0, 0.05) is 29.2 Å². The summed E-state index contributed by atoms with van der Waals surface area (Å²) < 4.78 is 5.74. The monoisotopic (exact) mass is 348 g/mol. The number of carbonyl (C=O) groups is 1. The molecule has 0 saturated carbocycles. The first kappa shape index (κ1) is 15.7. The predicted octanol–water partition coefficient (Wildman–Crippen LogP) is 3.96. The second kappa shape index (κ2) is 6.23. The third-order valence-corrected chi connectivity index (χ3v) is 5.77. The minimum atomic E-state index is -0.438. The van der Waals surface area contributed by atoms with Crippen LogP contribution in [0.2, 0.25) is 0 Å². The van der Waals surface area contributed by atoms with Gasteiger partial charge in [-0.2, -0.15) is 5.26 Å². The van der Waals surface area contributed by atoms with E-state index in [0.717, 1.165) is 5.56 Å². The Bertz CT molecular complexity index is 920. The predicted molar refractivity (Wildman–Crippen MR) is 95.4 cm³/mol. The van der Waals surface area contributed by atoms with Crippen molar-refractivity contribution >= 4 is 17.1 Å². The van der Waals surface area contributed by atoms with Crippen molar-refractivity contribution in [2.24, 2.45) is 5.73 Å². The van der Waals surface area contributed by atoms with E-state index in [4.69, 9.17) is 10.5 Å². The first-order valence-corrected chi connectivity index (χ1v) is 8.99. The van der Waals surface area contributed by atoms with Crippen molar-refractivity contribution in [2.75, 3.05) is 0 Å². The Kier molecular flexibility index (Phi) is 3.90. The van der Waals surface area contributed by atoms with Crippen LogP contribution in [0.25, 0.3) is 0 Å². The maximum Gasteiger partial charge on any atom is 0.205 e.